The van der Waals surface area contributed by atoms with Crippen LogP contribution in [-0.2, 0) is 9.53 Å². The number of rotatable bonds is 7. The van der Waals surface area contributed by atoms with Crippen molar-refractivity contribution in [3.8, 4) is 0 Å². The van der Waals surface area contributed by atoms with Gasteiger partial charge < -0.3 is 20.5 Å². The van der Waals surface area contributed by atoms with Gasteiger partial charge in [-0.2, -0.15) is 0 Å². The third-order valence-corrected chi connectivity index (χ3v) is 2.95. The first-order valence-electron chi connectivity index (χ1n) is 5.88. The Morgan fingerprint density at radius 1 is 1.50 bits per heavy atom. The molecule has 5 heteroatoms. The van der Waals surface area contributed by atoms with Crippen LogP contribution < -0.4 is 10.6 Å². The number of carbonyl (C=O) groups excluding carboxylic acids is 1. The number of methoxy groups -OCH3 is 1. The van der Waals surface area contributed by atoms with Crippen LogP contribution in [0.1, 0.15) is 19.3 Å². The summed E-state index contributed by atoms with van der Waals surface area (Å²) in [6.45, 7) is 2.18. The van der Waals surface area contributed by atoms with Crippen molar-refractivity contribution in [3.05, 3.63) is 0 Å². The molecule has 0 aromatic rings. The molecule has 0 aromatic heterocycles. The molecule has 1 amide bonds. The third kappa shape index (κ3) is 4.92. The van der Waals surface area contributed by atoms with Crippen LogP contribution in [0.4, 0.5) is 0 Å². The van der Waals surface area contributed by atoms with Crippen LogP contribution in [0.5, 0.6) is 0 Å². The van der Waals surface area contributed by atoms with Gasteiger partial charge in [-0.25, -0.2) is 0 Å². The Morgan fingerprint density at radius 2 is 2.31 bits per heavy atom. The van der Waals surface area contributed by atoms with Gasteiger partial charge in [-0.15, -0.1) is 0 Å². The van der Waals surface area contributed by atoms with E-state index in [4.69, 9.17) is 4.74 Å². The minimum atomic E-state index is -0.234. The van der Waals surface area contributed by atoms with Gasteiger partial charge in [-0.1, -0.05) is 6.42 Å². The van der Waals surface area contributed by atoms with Gasteiger partial charge >= 0.3 is 0 Å². The predicted octanol–water partition coefficient (Wildman–Crippen LogP) is -0.500. The van der Waals surface area contributed by atoms with Gasteiger partial charge in [0.2, 0.25) is 5.91 Å². The Morgan fingerprint density at radius 3 is 2.94 bits per heavy atom. The van der Waals surface area contributed by atoms with Crippen LogP contribution in [0.2, 0.25) is 0 Å². The summed E-state index contributed by atoms with van der Waals surface area (Å²) in [5, 5.41) is 15.4. The van der Waals surface area contributed by atoms with Gasteiger partial charge in [0.05, 0.1) is 19.3 Å². The fourth-order valence-electron chi connectivity index (χ4n) is 1.94. The van der Waals surface area contributed by atoms with E-state index in [0.29, 0.717) is 26.2 Å². The molecule has 1 aliphatic rings. The first kappa shape index (κ1) is 13.4. The highest BCUT2D eigenvalue weighted by Gasteiger charge is 2.25. The van der Waals surface area contributed by atoms with Crippen molar-refractivity contribution in [2.75, 3.05) is 33.4 Å². The second kappa shape index (κ2) is 7.60. The fourth-order valence-corrected chi connectivity index (χ4v) is 1.94. The maximum atomic E-state index is 11.4. The van der Waals surface area contributed by atoms with Crippen LogP contribution in [0.15, 0.2) is 0 Å². The Labute approximate surface area is 96.6 Å². The molecule has 0 heterocycles. The molecule has 0 aromatic carbocycles. The van der Waals surface area contributed by atoms with Gasteiger partial charge in [0.25, 0.3) is 0 Å². The smallest absolute Gasteiger partial charge is 0.233 e. The molecule has 1 rings (SSSR count). The molecule has 0 aliphatic heterocycles. The van der Waals surface area contributed by atoms with E-state index in [-0.39, 0.29) is 17.9 Å². The number of carbonyl (C=O) groups is 1. The van der Waals surface area contributed by atoms with Crippen molar-refractivity contribution >= 4 is 5.91 Å². The van der Waals surface area contributed by atoms with Crippen LogP contribution >= 0.6 is 0 Å². The molecule has 0 radical (unpaired) electrons. The van der Waals surface area contributed by atoms with E-state index in [1.165, 1.54) is 0 Å². The average Bonchev–Trinajstić information content (AvgIpc) is 2.67. The molecule has 0 spiro atoms. The van der Waals surface area contributed by atoms with E-state index in [9.17, 15) is 9.90 Å². The number of ether oxygens (including phenoxy) is 1. The lowest BCUT2D eigenvalue weighted by molar-refractivity contribution is -0.120. The molecule has 16 heavy (non-hydrogen) atoms. The van der Waals surface area contributed by atoms with Crippen LogP contribution in [0.3, 0.4) is 0 Å². The van der Waals surface area contributed by atoms with Crippen molar-refractivity contribution < 1.29 is 14.6 Å². The van der Waals surface area contributed by atoms with Gasteiger partial charge in [0.15, 0.2) is 0 Å². The normalized spacial score (nSPS) is 24.6. The zero-order chi connectivity index (χ0) is 11.8. The van der Waals surface area contributed by atoms with E-state index in [0.717, 1.165) is 19.3 Å². The van der Waals surface area contributed by atoms with Gasteiger partial charge in [0, 0.05) is 26.1 Å². The molecule has 0 saturated heterocycles. The fraction of sp³-hybridized carbons (Fsp3) is 0.909. The second-order valence-corrected chi connectivity index (χ2v) is 4.23. The Kier molecular flexibility index (Phi) is 6.37. The molecule has 1 fully saturated rings. The van der Waals surface area contributed by atoms with Crippen molar-refractivity contribution in [3.63, 3.8) is 0 Å². The number of nitrogens with one attached hydrogen (secondary N) is 2. The topological polar surface area (TPSA) is 70.6 Å². The summed E-state index contributed by atoms with van der Waals surface area (Å²) in [4.78, 5) is 11.4. The standard InChI is InChI=1S/C11H22N2O3/c1-16-6-5-12-8-11(15)13-7-9-3-2-4-10(9)14/h9-10,12,14H,2-8H2,1H3,(H,13,15). The number of hydrogen-bond donors (Lipinski definition) is 3. The van der Waals surface area contributed by atoms with Crippen molar-refractivity contribution in [2.24, 2.45) is 5.92 Å². The first-order valence-corrected chi connectivity index (χ1v) is 5.88. The highest BCUT2D eigenvalue weighted by molar-refractivity contribution is 5.77. The van der Waals surface area contributed by atoms with Gasteiger partial charge in [-0.05, 0) is 12.8 Å². The highest BCUT2D eigenvalue weighted by atomic mass is 16.5. The molecule has 2 unspecified atom stereocenters. The molecule has 3 N–H and O–H groups in total. The number of aliphatic hydroxyl groups excluding tert-OH is 1. The van der Waals surface area contributed by atoms with Crippen LogP contribution in [0.25, 0.3) is 0 Å². The van der Waals surface area contributed by atoms with Crippen LogP contribution in [0, 0.1) is 5.92 Å². The lowest BCUT2D eigenvalue weighted by atomic mass is 10.1. The summed E-state index contributed by atoms with van der Waals surface area (Å²) >= 11 is 0. The summed E-state index contributed by atoms with van der Waals surface area (Å²) in [6, 6.07) is 0. The maximum Gasteiger partial charge on any atom is 0.233 e. The zero-order valence-electron chi connectivity index (χ0n) is 9.87. The minimum Gasteiger partial charge on any atom is -0.393 e. The number of amides is 1. The zero-order valence-corrected chi connectivity index (χ0v) is 9.87. The summed E-state index contributed by atoms with van der Waals surface area (Å²) in [5.74, 6) is 0.220. The monoisotopic (exact) mass is 230 g/mol. The maximum absolute atomic E-state index is 11.4. The molecule has 5 nitrogen and oxygen atoms in total. The largest absolute Gasteiger partial charge is 0.393 e. The van der Waals surface area contributed by atoms with E-state index < -0.39 is 0 Å². The number of aliphatic hydroxyl groups is 1. The van der Waals surface area contributed by atoms with E-state index in [1.807, 2.05) is 0 Å². The second-order valence-electron chi connectivity index (χ2n) is 4.23. The molecule has 0 bridgehead atoms. The summed E-state index contributed by atoms with van der Waals surface area (Å²) in [5.41, 5.74) is 0. The van der Waals surface area contributed by atoms with Crippen molar-refractivity contribution in [1.82, 2.24) is 10.6 Å². The Hall–Kier alpha value is -0.650. The quantitative estimate of drug-likeness (QED) is 0.516. The van der Waals surface area contributed by atoms with Crippen molar-refractivity contribution in [2.45, 2.75) is 25.4 Å². The molecular weight excluding hydrogens is 208 g/mol. The third-order valence-electron chi connectivity index (χ3n) is 2.95. The molecule has 1 saturated carbocycles. The van der Waals surface area contributed by atoms with E-state index in [2.05, 4.69) is 10.6 Å². The highest BCUT2D eigenvalue weighted by Crippen LogP contribution is 2.24. The number of hydrogen-bond acceptors (Lipinski definition) is 4. The molecular formula is C11H22N2O3. The van der Waals surface area contributed by atoms with Gasteiger partial charge in [0.1, 0.15) is 0 Å². The summed E-state index contributed by atoms with van der Waals surface area (Å²) in [6.07, 6.45) is 2.71. The Balaban J connectivity index is 2.01. The SMILES string of the molecule is COCCNCC(=O)NCC1CCCC1O. The summed E-state index contributed by atoms with van der Waals surface area (Å²) in [7, 11) is 1.63. The van der Waals surface area contributed by atoms with Crippen LogP contribution in [-0.4, -0.2) is 50.5 Å². The lowest BCUT2D eigenvalue weighted by Gasteiger charge is -2.15. The lowest BCUT2D eigenvalue weighted by Crippen LogP contribution is -2.38. The van der Waals surface area contributed by atoms with Gasteiger partial charge in [-0.3, -0.25) is 4.79 Å². The van der Waals surface area contributed by atoms with E-state index >= 15 is 0 Å². The molecule has 2 atom stereocenters. The van der Waals surface area contributed by atoms with E-state index in [1.54, 1.807) is 7.11 Å². The molecule has 94 valence electrons. The predicted molar refractivity (Wildman–Crippen MR) is 61.1 cm³/mol. The average molecular weight is 230 g/mol. The van der Waals surface area contributed by atoms with Crippen molar-refractivity contribution in [1.29, 1.82) is 0 Å². The first-order chi connectivity index (χ1) is 7.74. The Bertz CT molecular complexity index is 211. The molecule has 1 aliphatic carbocycles. The summed E-state index contributed by atoms with van der Waals surface area (Å²) < 4.78 is 4.85. The minimum absolute atomic E-state index is 0.0183.